The van der Waals surface area contributed by atoms with Gasteiger partial charge in [-0.1, -0.05) is 0 Å². The number of halogens is 2. The van der Waals surface area contributed by atoms with E-state index in [1.54, 1.807) is 6.92 Å². The summed E-state index contributed by atoms with van der Waals surface area (Å²) in [6, 6.07) is 1.99. The Labute approximate surface area is 93.6 Å². The van der Waals surface area contributed by atoms with E-state index >= 15 is 0 Å². The Hall–Kier alpha value is -1.36. The Morgan fingerprint density at radius 2 is 1.94 bits per heavy atom. The van der Waals surface area contributed by atoms with Crippen LogP contribution in [-0.4, -0.2) is 19.3 Å². The first kappa shape index (κ1) is 12.7. The van der Waals surface area contributed by atoms with Crippen LogP contribution < -0.4 is 11.1 Å². The van der Waals surface area contributed by atoms with E-state index in [1.165, 1.54) is 0 Å². The highest BCUT2D eigenvalue weighted by molar-refractivity contribution is 5.54. The van der Waals surface area contributed by atoms with E-state index in [0.29, 0.717) is 13.2 Å². The molecule has 16 heavy (non-hydrogen) atoms. The van der Waals surface area contributed by atoms with Crippen LogP contribution in [0.1, 0.15) is 13.8 Å². The fraction of sp³-hybridized carbons (Fsp3) is 0.455. The molecule has 0 heterocycles. The zero-order chi connectivity index (χ0) is 12.1. The largest absolute Gasteiger partial charge is 0.399 e. The number of nitrogens with one attached hydrogen (secondary N) is 1. The molecule has 1 atom stereocenters. The molecule has 0 amide bonds. The van der Waals surface area contributed by atoms with Gasteiger partial charge in [0.05, 0.1) is 6.61 Å². The van der Waals surface area contributed by atoms with E-state index in [0.717, 1.165) is 12.1 Å². The molecule has 0 saturated heterocycles. The maximum atomic E-state index is 13.4. The van der Waals surface area contributed by atoms with E-state index in [9.17, 15) is 8.78 Å². The quantitative estimate of drug-likeness (QED) is 0.763. The Balaban J connectivity index is 2.73. The van der Waals surface area contributed by atoms with Crippen LogP contribution in [0.5, 0.6) is 0 Å². The van der Waals surface area contributed by atoms with Crippen LogP contribution in [-0.2, 0) is 4.74 Å². The second-order valence-electron chi connectivity index (χ2n) is 3.56. The maximum Gasteiger partial charge on any atom is 0.151 e. The summed E-state index contributed by atoms with van der Waals surface area (Å²) < 4.78 is 31.9. The topological polar surface area (TPSA) is 47.3 Å². The Morgan fingerprint density at radius 1 is 1.38 bits per heavy atom. The molecule has 0 radical (unpaired) electrons. The van der Waals surface area contributed by atoms with Gasteiger partial charge in [0.25, 0.3) is 0 Å². The van der Waals surface area contributed by atoms with Crippen molar-refractivity contribution in [1.82, 2.24) is 0 Å². The van der Waals surface area contributed by atoms with Gasteiger partial charge in [0, 0.05) is 18.3 Å². The highest BCUT2D eigenvalue weighted by atomic mass is 19.1. The molecule has 0 spiro atoms. The van der Waals surface area contributed by atoms with Crippen molar-refractivity contribution in [2.45, 2.75) is 19.9 Å². The number of ether oxygens (including phenoxy) is 1. The molecule has 3 N–H and O–H groups in total. The van der Waals surface area contributed by atoms with E-state index in [-0.39, 0.29) is 17.4 Å². The highest BCUT2D eigenvalue weighted by Gasteiger charge is 2.12. The van der Waals surface area contributed by atoms with Crippen LogP contribution in [0.4, 0.5) is 20.2 Å². The van der Waals surface area contributed by atoms with Gasteiger partial charge in [0.1, 0.15) is 5.69 Å². The van der Waals surface area contributed by atoms with Crippen molar-refractivity contribution in [2.24, 2.45) is 0 Å². The van der Waals surface area contributed by atoms with Crippen molar-refractivity contribution in [1.29, 1.82) is 0 Å². The molecule has 1 rings (SSSR count). The summed E-state index contributed by atoms with van der Waals surface area (Å²) in [6.07, 6.45) is 0. The number of hydrogen-bond acceptors (Lipinski definition) is 3. The summed E-state index contributed by atoms with van der Waals surface area (Å²) in [5.41, 5.74) is 5.21. The molecular weight excluding hydrogens is 214 g/mol. The lowest BCUT2D eigenvalue weighted by Crippen LogP contribution is -2.23. The molecule has 0 aliphatic carbocycles. The second kappa shape index (κ2) is 5.65. The molecule has 0 aliphatic heterocycles. The van der Waals surface area contributed by atoms with Gasteiger partial charge < -0.3 is 15.8 Å². The zero-order valence-electron chi connectivity index (χ0n) is 9.39. The summed E-state index contributed by atoms with van der Waals surface area (Å²) in [7, 11) is 0. The average molecular weight is 230 g/mol. The number of hydrogen-bond donors (Lipinski definition) is 2. The zero-order valence-corrected chi connectivity index (χ0v) is 9.39. The molecule has 0 fully saturated rings. The third kappa shape index (κ3) is 3.34. The standard InChI is InChI=1S/C11H16F2N2O/c1-3-16-6-7(2)15-11-9(12)4-8(14)5-10(11)13/h4-5,7,15H,3,6,14H2,1-2H3. The predicted octanol–water partition coefficient (Wildman–Crippen LogP) is 2.38. The molecule has 0 aliphatic rings. The van der Waals surface area contributed by atoms with E-state index in [4.69, 9.17) is 10.5 Å². The number of benzene rings is 1. The van der Waals surface area contributed by atoms with Gasteiger partial charge >= 0.3 is 0 Å². The van der Waals surface area contributed by atoms with E-state index in [2.05, 4.69) is 5.32 Å². The van der Waals surface area contributed by atoms with Crippen molar-refractivity contribution in [2.75, 3.05) is 24.3 Å². The van der Waals surface area contributed by atoms with Crippen LogP contribution in [0, 0.1) is 11.6 Å². The third-order valence-electron chi connectivity index (χ3n) is 2.03. The van der Waals surface area contributed by atoms with Gasteiger partial charge in [-0.3, -0.25) is 0 Å². The lowest BCUT2D eigenvalue weighted by atomic mass is 10.2. The number of rotatable bonds is 5. The fourth-order valence-electron chi connectivity index (χ4n) is 1.31. The minimum atomic E-state index is -0.694. The fourth-order valence-corrected chi connectivity index (χ4v) is 1.31. The summed E-state index contributed by atoms with van der Waals surface area (Å²) in [4.78, 5) is 0. The number of nitrogen functional groups attached to an aromatic ring is 1. The number of anilines is 2. The summed E-state index contributed by atoms with van der Waals surface area (Å²) >= 11 is 0. The second-order valence-corrected chi connectivity index (χ2v) is 3.56. The Morgan fingerprint density at radius 3 is 2.44 bits per heavy atom. The monoisotopic (exact) mass is 230 g/mol. The Kier molecular flexibility index (Phi) is 4.49. The lowest BCUT2D eigenvalue weighted by Gasteiger charge is -2.16. The molecule has 5 heteroatoms. The minimum absolute atomic E-state index is 0.0676. The highest BCUT2D eigenvalue weighted by Crippen LogP contribution is 2.22. The van der Waals surface area contributed by atoms with Gasteiger partial charge in [-0.2, -0.15) is 0 Å². The molecule has 90 valence electrons. The van der Waals surface area contributed by atoms with Crippen LogP contribution >= 0.6 is 0 Å². The minimum Gasteiger partial charge on any atom is -0.399 e. The van der Waals surface area contributed by atoms with Crippen molar-refractivity contribution in [3.8, 4) is 0 Å². The van der Waals surface area contributed by atoms with Gasteiger partial charge in [-0.25, -0.2) is 8.78 Å². The molecule has 1 unspecified atom stereocenters. The van der Waals surface area contributed by atoms with Crippen LogP contribution in [0.25, 0.3) is 0 Å². The first-order valence-electron chi connectivity index (χ1n) is 5.13. The molecular formula is C11H16F2N2O. The van der Waals surface area contributed by atoms with Gasteiger partial charge in [-0.05, 0) is 26.0 Å². The normalized spacial score (nSPS) is 12.5. The number of nitrogens with two attached hydrogens (primary N) is 1. The predicted molar refractivity (Wildman–Crippen MR) is 60.3 cm³/mol. The first-order valence-corrected chi connectivity index (χ1v) is 5.13. The van der Waals surface area contributed by atoms with E-state index in [1.807, 2.05) is 6.92 Å². The molecule has 1 aromatic carbocycles. The SMILES string of the molecule is CCOCC(C)Nc1c(F)cc(N)cc1F. The van der Waals surface area contributed by atoms with Crippen LogP contribution in [0.2, 0.25) is 0 Å². The van der Waals surface area contributed by atoms with Crippen molar-refractivity contribution < 1.29 is 13.5 Å². The average Bonchev–Trinajstić information content (AvgIpc) is 2.20. The molecule has 3 nitrogen and oxygen atoms in total. The van der Waals surface area contributed by atoms with Gasteiger partial charge in [0.15, 0.2) is 11.6 Å². The van der Waals surface area contributed by atoms with Crippen LogP contribution in [0.15, 0.2) is 12.1 Å². The lowest BCUT2D eigenvalue weighted by molar-refractivity contribution is 0.141. The van der Waals surface area contributed by atoms with Crippen LogP contribution in [0.3, 0.4) is 0 Å². The maximum absolute atomic E-state index is 13.4. The Bertz CT molecular complexity index is 335. The first-order chi connectivity index (χ1) is 7.54. The van der Waals surface area contributed by atoms with E-state index < -0.39 is 11.6 Å². The smallest absolute Gasteiger partial charge is 0.151 e. The van der Waals surface area contributed by atoms with Gasteiger partial charge in [0.2, 0.25) is 0 Å². The molecule has 1 aromatic rings. The van der Waals surface area contributed by atoms with Crippen molar-refractivity contribution in [3.63, 3.8) is 0 Å². The third-order valence-corrected chi connectivity index (χ3v) is 2.03. The summed E-state index contributed by atoms with van der Waals surface area (Å²) in [5, 5.41) is 2.71. The summed E-state index contributed by atoms with van der Waals surface area (Å²) in [6.45, 7) is 4.60. The van der Waals surface area contributed by atoms with Gasteiger partial charge in [-0.15, -0.1) is 0 Å². The summed E-state index contributed by atoms with van der Waals surface area (Å²) in [5.74, 6) is -1.39. The molecule has 0 bridgehead atoms. The van der Waals surface area contributed by atoms with Crippen molar-refractivity contribution in [3.05, 3.63) is 23.8 Å². The van der Waals surface area contributed by atoms with Crippen molar-refractivity contribution >= 4 is 11.4 Å². The molecule has 0 saturated carbocycles. The molecule has 0 aromatic heterocycles.